The van der Waals surface area contributed by atoms with E-state index >= 15 is 0 Å². The Labute approximate surface area is 145 Å². The number of carbonyl (C=O) groups excluding carboxylic acids is 1. The van der Waals surface area contributed by atoms with E-state index in [4.69, 9.17) is 0 Å². The molecule has 22 heavy (non-hydrogen) atoms. The van der Waals surface area contributed by atoms with E-state index < -0.39 is 0 Å². The van der Waals surface area contributed by atoms with E-state index in [-0.39, 0.29) is 5.91 Å². The first-order chi connectivity index (χ1) is 10.7. The Kier molecular flexibility index (Phi) is 5.12. The number of halogens is 1. The smallest absolute Gasteiger partial charge is 0.226 e. The van der Waals surface area contributed by atoms with Crippen molar-refractivity contribution in [3.63, 3.8) is 0 Å². The lowest BCUT2D eigenvalue weighted by Gasteiger charge is -2.02. The van der Waals surface area contributed by atoms with Crippen LogP contribution in [0, 0.1) is 0 Å². The van der Waals surface area contributed by atoms with Crippen molar-refractivity contribution in [2.75, 3.05) is 11.1 Å². The number of nitrogens with zero attached hydrogens (tertiary/aromatic N) is 1. The Morgan fingerprint density at radius 2 is 2.00 bits per heavy atom. The van der Waals surface area contributed by atoms with E-state index in [0.717, 1.165) is 20.4 Å². The standard InChI is InChI=1S/C16H13BrN2OS2/c17-12-7-4-8-13-15(12)19-16(22-13)18-14(20)9-10-21-11-5-2-1-3-6-11/h1-8H,9-10H2,(H,18,19,20). The van der Waals surface area contributed by atoms with Gasteiger partial charge < -0.3 is 5.32 Å². The predicted molar refractivity (Wildman–Crippen MR) is 97.7 cm³/mol. The first-order valence-electron chi connectivity index (χ1n) is 6.75. The molecule has 3 nitrogen and oxygen atoms in total. The van der Waals surface area contributed by atoms with Gasteiger partial charge in [-0.05, 0) is 40.2 Å². The number of hydrogen-bond donors (Lipinski definition) is 1. The van der Waals surface area contributed by atoms with Gasteiger partial charge in [-0.3, -0.25) is 4.79 Å². The zero-order chi connectivity index (χ0) is 15.4. The van der Waals surface area contributed by atoms with Crippen LogP contribution in [0.3, 0.4) is 0 Å². The molecule has 0 spiro atoms. The summed E-state index contributed by atoms with van der Waals surface area (Å²) in [5.74, 6) is 0.753. The third-order valence-corrected chi connectivity index (χ3v) is 5.55. The van der Waals surface area contributed by atoms with Gasteiger partial charge in [0.2, 0.25) is 5.91 Å². The highest BCUT2D eigenvalue weighted by molar-refractivity contribution is 9.10. The number of amides is 1. The Balaban J connectivity index is 1.55. The molecule has 0 unspecified atom stereocenters. The molecule has 1 amide bonds. The number of benzene rings is 2. The van der Waals surface area contributed by atoms with Crippen molar-refractivity contribution in [3.05, 3.63) is 53.0 Å². The summed E-state index contributed by atoms with van der Waals surface area (Å²) in [5.41, 5.74) is 0.890. The fourth-order valence-corrected chi connectivity index (χ4v) is 4.30. The van der Waals surface area contributed by atoms with Crippen molar-refractivity contribution in [2.45, 2.75) is 11.3 Å². The maximum Gasteiger partial charge on any atom is 0.226 e. The van der Waals surface area contributed by atoms with Crippen molar-refractivity contribution in [1.29, 1.82) is 0 Å². The third kappa shape index (κ3) is 3.88. The van der Waals surface area contributed by atoms with E-state index in [1.165, 1.54) is 16.2 Å². The van der Waals surface area contributed by atoms with Gasteiger partial charge in [-0.1, -0.05) is 35.6 Å². The molecule has 1 heterocycles. The zero-order valence-electron chi connectivity index (χ0n) is 11.6. The summed E-state index contributed by atoms with van der Waals surface area (Å²) < 4.78 is 2.00. The Hall–Kier alpha value is -1.37. The summed E-state index contributed by atoms with van der Waals surface area (Å²) >= 11 is 6.64. The van der Waals surface area contributed by atoms with Crippen LogP contribution in [0.4, 0.5) is 5.13 Å². The summed E-state index contributed by atoms with van der Waals surface area (Å²) in [6.07, 6.45) is 0.469. The predicted octanol–water partition coefficient (Wildman–Crippen LogP) is 5.18. The number of para-hydroxylation sites is 1. The van der Waals surface area contributed by atoms with Gasteiger partial charge in [0.05, 0.1) is 10.2 Å². The van der Waals surface area contributed by atoms with Crippen LogP contribution < -0.4 is 5.32 Å². The second kappa shape index (κ2) is 7.26. The number of thioether (sulfide) groups is 1. The summed E-state index contributed by atoms with van der Waals surface area (Å²) in [6.45, 7) is 0. The summed E-state index contributed by atoms with van der Waals surface area (Å²) in [5, 5.41) is 3.53. The van der Waals surface area contributed by atoms with E-state index in [1.807, 2.05) is 48.5 Å². The molecule has 0 saturated carbocycles. The van der Waals surface area contributed by atoms with Crippen LogP contribution in [0.25, 0.3) is 10.2 Å². The second-order valence-electron chi connectivity index (χ2n) is 4.57. The molecule has 0 aliphatic rings. The summed E-state index contributed by atoms with van der Waals surface area (Å²) in [7, 11) is 0. The largest absolute Gasteiger partial charge is 0.302 e. The minimum Gasteiger partial charge on any atom is -0.302 e. The lowest BCUT2D eigenvalue weighted by atomic mass is 10.3. The highest BCUT2D eigenvalue weighted by Gasteiger charge is 2.09. The molecule has 0 radical (unpaired) electrons. The van der Waals surface area contributed by atoms with Crippen molar-refractivity contribution >= 4 is 60.3 Å². The molecule has 112 valence electrons. The Bertz CT molecular complexity index is 789. The molecular weight excluding hydrogens is 380 g/mol. The maximum atomic E-state index is 12.0. The average Bonchev–Trinajstić information content (AvgIpc) is 2.92. The fraction of sp³-hybridized carbons (Fsp3) is 0.125. The molecule has 0 saturated heterocycles. The van der Waals surface area contributed by atoms with Crippen molar-refractivity contribution in [3.8, 4) is 0 Å². The number of anilines is 1. The molecule has 3 rings (SSSR count). The first kappa shape index (κ1) is 15.5. The molecule has 0 fully saturated rings. The highest BCUT2D eigenvalue weighted by atomic mass is 79.9. The fourth-order valence-electron chi connectivity index (χ4n) is 1.93. The van der Waals surface area contributed by atoms with E-state index in [0.29, 0.717) is 11.6 Å². The molecule has 3 aromatic rings. The number of thiazole rings is 1. The van der Waals surface area contributed by atoms with Gasteiger partial charge >= 0.3 is 0 Å². The van der Waals surface area contributed by atoms with Gasteiger partial charge in [0, 0.05) is 21.5 Å². The van der Waals surface area contributed by atoms with Gasteiger partial charge in [0.15, 0.2) is 5.13 Å². The highest BCUT2D eigenvalue weighted by Crippen LogP contribution is 2.31. The second-order valence-corrected chi connectivity index (χ2v) is 7.62. The summed E-state index contributed by atoms with van der Waals surface area (Å²) in [4.78, 5) is 17.6. The number of carbonyl (C=O) groups is 1. The average molecular weight is 393 g/mol. The number of aromatic nitrogens is 1. The molecule has 0 aliphatic heterocycles. The van der Waals surface area contributed by atoms with Gasteiger partial charge in [-0.25, -0.2) is 4.98 Å². The van der Waals surface area contributed by atoms with Crippen LogP contribution in [-0.4, -0.2) is 16.6 Å². The minimum atomic E-state index is -0.00129. The molecule has 0 atom stereocenters. The molecule has 2 aromatic carbocycles. The topological polar surface area (TPSA) is 42.0 Å². The molecule has 0 aliphatic carbocycles. The number of nitrogens with one attached hydrogen (secondary N) is 1. The number of fused-ring (bicyclic) bond motifs is 1. The van der Waals surface area contributed by atoms with Gasteiger partial charge in [-0.15, -0.1) is 11.8 Å². The van der Waals surface area contributed by atoms with E-state index in [1.54, 1.807) is 11.8 Å². The first-order valence-corrected chi connectivity index (χ1v) is 9.34. The SMILES string of the molecule is O=C(CCSc1ccccc1)Nc1nc2c(Br)cccc2s1. The number of rotatable bonds is 5. The van der Waals surface area contributed by atoms with Crippen LogP contribution in [0.15, 0.2) is 57.9 Å². The lowest BCUT2D eigenvalue weighted by Crippen LogP contribution is -2.11. The Morgan fingerprint density at radius 1 is 1.18 bits per heavy atom. The molecule has 6 heteroatoms. The van der Waals surface area contributed by atoms with E-state index in [2.05, 4.69) is 26.2 Å². The van der Waals surface area contributed by atoms with Crippen molar-refractivity contribution in [2.24, 2.45) is 0 Å². The van der Waals surface area contributed by atoms with Gasteiger partial charge in [0.25, 0.3) is 0 Å². The third-order valence-electron chi connectivity index (χ3n) is 2.96. The molecule has 0 bridgehead atoms. The van der Waals surface area contributed by atoms with Crippen LogP contribution in [0.5, 0.6) is 0 Å². The van der Waals surface area contributed by atoms with Crippen molar-refractivity contribution < 1.29 is 4.79 Å². The molecule has 1 N–H and O–H groups in total. The quantitative estimate of drug-likeness (QED) is 0.608. The van der Waals surface area contributed by atoms with Gasteiger partial charge in [0.1, 0.15) is 0 Å². The molecular formula is C16H13BrN2OS2. The maximum absolute atomic E-state index is 12.0. The monoisotopic (exact) mass is 392 g/mol. The minimum absolute atomic E-state index is 0.00129. The number of hydrogen-bond acceptors (Lipinski definition) is 4. The lowest BCUT2D eigenvalue weighted by molar-refractivity contribution is -0.115. The van der Waals surface area contributed by atoms with E-state index in [9.17, 15) is 4.79 Å². The normalized spacial score (nSPS) is 10.8. The zero-order valence-corrected chi connectivity index (χ0v) is 14.8. The van der Waals surface area contributed by atoms with Crippen LogP contribution >= 0.6 is 39.0 Å². The van der Waals surface area contributed by atoms with Crippen molar-refractivity contribution in [1.82, 2.24) is 4.98 Å². The Morgan fingerprint density at radius 3 is 2.77 bits per heavy atom. The van der Waals surface area contributed by atoms with Crippen LogP contribution in [0.2, 0.25) is 0 Å². The van der Waals surface area contributed by atoms with Crippen LogP contribution in [0.1, 0.15) is 6.42 Å². The van der Waals surface area contributed by atoms with Gasteiger partial charge in [-0.2, -0.15) is 0 Å². The summed E-state index contributed by atoms with van der Waals surface area (Å²) in [6, 6.07) is 16.0. The van der Waals surface area contributed by atoms with Crippen LogP contribution in [-0.2, 0) is 4.79 Å². The molecule has 1 aromatic heterocycles.